The van der Waals surface area contributed by atoms with E-state index in [1.54, 1.807) is 17.7 Å². The monoisotopic (exact) mass is 290 g/mol. The van der Waals surface area contributed by atoms with Gasteiger partial charge in [0.25, 0.3) is 5.91 Å². The summed E-state index contributed by atoms with van der Waals surface area (Å²) in [6, 6.07) is 1.55. The van der Waals surface area contributed by atoms with Gasteiger partial charge in [0.15, 0.2) is 0 Å². The summed E-state index contributed by atoms with van der Waals surface area (Å²) >= 11 is 11.8. The molecule has 1 saturated heterocycles. The number of carbonyl (C=O) groups excluding carboxylic acids is 1. The number of hydrogen-bond donors (Lipinski definition) is 1. The van der Waals surface area contributed by atoms with Crippen LogP contribution in [0.1, 0.15) is 30.3 Å². The van der Waals surface area contributed by atoms with Crippen molar-refractivity contribution in [3.63, 3.8) is 0 Å². The molecule has 1 fully saturated rings. The minimum atomic E-state index is -0.186. The fourth-order valence-corrected chi connectivity index (χ4v) is 2.51. The average molecular weight is 291 g/mol. The second-order valence-corrected chi connectivity index (χ2v) is 5.31. The minimum absolute atomic E-state index is 0.0209. The van der Waals surface area contributed by atoms with Crippen LogP contribution < -0.4 is 5.32 Å². The quantitative estimate of drug-likeness (QED) is 0.930. The number of amides is 1. The predicted molar refractivity (Wildman–Crippen MR) is 71.3 cm³/mol. The van der Waals surface area contributed by atoms with Crippen LogP contribution in [-0.4, -0.2) is 29.2 Å². The number of aromatic nitrogens is 1. The summed E-state index contributed by atoms with van der Waals surface area (Å²) in [5.74, 6) is -0.186. The van der Waals surface area contributed by atoms with Gasteiger partial charge in [-0.15, -0.1) is 0 Å². The van der Waals surface area contributed by atoms with Gasteiger partial charge < -0.3 is 14.6 Å². The fraction of sp³-hybridized carbons (Fsp3) is 0.583. The first-order valence-corrected chi connectivity index (χ1v) is 6.69. The Balaban J connectivity index is 2.04. The fourth-order valence-electron chi connectivity index (χ4n) is 2.13. The van der Waals surface area contributed by atoms with E-state index in [2.05, 4.69) is 5.32 Å². The largest absolute Gasteiger partial charge is 0.376 e. The zero-order valence-corrected chi connectivity index (χ0v) is 11.9. The molecule has 1 aromatic rings. The standard InChI is InChI=1S/C12H16Cl2N2O2/c1-7(10-4-3-5-18-10)15-12(17)9-6-8(13)11(14)16(9)2/h6-7,10H,3-5H2,1-2H3,(H,15,17)/t7-,10-/m1/s1. The summed E-state index contributed by atoms with van der Waals surface area (Å²) in [7, 11) is 1.71. The highest BCUT2D eigenvalue weighted by atomic mass is 35.5. The zero-order valence-electron chi connectivity index (χ0n) is 10.4. The summed E-state index contributed by atoms with van der Waals surface area (Å²) in [6.45, 7) is 2.72. The summed E-state index contributed by atoms with van der Waals surface area (Å²) in [6.07, 6.45) is 2.13. The van der Waals surface area contributed by atoms with Crippen LogP contribution in [0.5, 0.6) is 0 Å². The molecular formula is C12H16Cl2N2O2. The van der Waals surface area contributed by atoms with Crippen LogP contribution in [0.2, 0.25) is 10.2 Å². The number of carbonyl (C=O) groups is 1. The van der Waals surface area contributed by atoms with E-state index in [9.17, 15) is 4.79 Å². The van der Waals surface area contributed by atoms with Crippen molar-refractivity contribution in [3.05, 3.63) is 21.9 Å². The van der Waals surface area contributed by atoms with Gasteiger partial charge in [0.2, 0.25) is 0 Å². The Hall–Kier alpha value is -0.710. The van der Waals surface area contributed by atoms with E-state index in [1.807, 2.05) is 6.92 Å². The van der Waals surface area contributed by atoms with Crippen molar-refractivity contribution in [2.24, 2.45) is 7.05 Å². The van der Waals surface area contributed by atoms with Gasteiger partial charge in [-0.2, -0.15) is 0 Å². The first-order chi connectivity index (χ1) is 8.50. The van der Waals surface area contributed by atoms with Crippen molar-refractivity contribution < 1.29 is 9.53 Å². The Morgan fingerprint density at radius 1 is 1.61 bits per heavy atom. The van der Waals surface area contributed by atoms with Crippen LogP contribution in [0.4, 0.5) is 0 Å². The molecule has 4 nitrogen and oxygen atoms in total. The lowest BCUT2D eigenvalue weighted by atomic mass is 10.1. The molecule has 1 N–H and O–H groups in total. The number of nitrogens with zero attached hydrogens (tertiary/aromatic N) is 1. The maximum atomic E-state index is 12.1. The molecule has 2 heterocycles. The Bertz CT molecular complexity index is 453. The molecule has 0 aromatic carbocycles. The molecule has 0 bridgehead atoms. The van der Waals surface area contributed by atoms with Crippen LogP contribution in [0, 0.1) is 0 Å². The summed E-state index contributed by atoms with van der Waals surface area (Å²) in [4.78, 5) is 12.1. The normalized spacial score (nSPS) is 21.0. The SMILES string of the molecule is C[C@@H](NC(=O)c1cc(Cl)c(Cl)n1C)[C@H]1CCCO1. The number of nitrogens with one attached hydrogen (secondary N) is 1. The molecule has 18 heavy (non-hydrogen) atoms. The molecule has 0 aliphatic carbocycles. The molecule has 0 radical (unpaired) electrons. The van der Waals surface area contributed by atoms with Gasteiger partial charge in [0.1, 0.15) is 10.8 Å². The van der Waals surface area contributed by atoms with Crippen molar-refractivity contribution in [2.45, 2.75) is 31.9 Å². The highest BCUT2D eigenvalue weighted by Gasteiger charge is 2.25. The Morgan fingerprint density at radius 2 is 2.33 bits per heavy atom. The highest BCUT2D eigenvalue weighted by Crippen LogP contribution is 2.25. The maximum Gasteiger partial charge on any atom is 0.268 e. The van der Waals surface area contributed by atoms with Gasteiger partial charge >= 0.3 is 0 Å². The highest BCUT2D eigenvalue weighted by molar-refractivity contribution is 6.41. The van der Waals surface area contributed by atoms with E-state index >= 15 is 0 Å². The van der Waals surface area contributed by atoms with Crippen molar-refractivity contribution in [1.82, 2.24) is 9.88 Å². The van der Waals surface area contributed by atoms with Crippen molar-refractivity contribution >= 4 is 29.1 Å². The number of hydrogen-bond acceptors (Lipinski definition) is 2. The molecule has 0 spiro atoms. The third kappa shape index (κ3) is 2.66. The smallest absolute Gasteiger partial charge is 0.268 e. The second kappa shape index (κ2) is 5.51. The van der Waals surface area contributed by atoms with E-state index < -0.39 is 0 Å². The predicted octanol–water partition coefficient (Wildman–Crippen LogP) is 2.63. The van der Waals surface area contributed by atoms with E-state index in [-0.39, 0.29) is 18.1 Å². The third-order valence-corrected chi connectivity index (χ3v) is 4.07. The molecule has 1 amide bonds. The first kappa shape index (κ1) is 13.7. The summed E-state index contributed by atoms with van der Waals surface area (Å²) in [5, 5.41) is 3.67. The second-order valence-electron chi connectivity index (χ2n) is 4.54. The molecular weight excluding hydrogens is 275 g/mol. The molecule has 0 saturated carbocycles. The number of halogens is 2. The Morgan fingerprint density at radius 3 is 2.83 bits per heavy atom. The van der Waals surface area contributed by atoms with E-state index in [4.69, 9.17) is 27.9 Å². The lowest BCUT2D eigenvalue weighted by Gasteiger charge is -2.20. The topological polar surface area (TPSA) is 43.3 Å². The van der Waals surface area contributed by atoms with Crippen LogP contribution in [0.15, 0.2) is 6.07 Å². The molecule has 2 rings (SSSR count). The minimum Gasteiger partial charge on any atom is -0.376 e. The maximum absolute atomic E-state index is 12.1. The molecule has 1 aliphatic rings. The van der Waals surface area contributed by atoms with Crippen LogP contribution in [0.3, 0.4) is 0 Å². The summed E-state index contributed by atoms with van der Waals surface area (Å²) < 4.78 is 7.11. The molecule has 0 unspecified atom stereocenters. The van der Waals surface area contributed by atoms with Crippen LogP contribution >= 0.6 is 23.2 Å². The molecule has 2 atom stereocenters. The number of ether oxygens (including phenoxy) is 1. The lowest BCUT2D eigenvalue weighted by molar-refractivity contribution is 0.0707. The molecule has 6 heteroatoms. The first-order valence-electron chi connectivity index (χ1n) is 5.94. The van der Waals surface area contributed by atoms with Gasteiger partial charge in [-0.25, -0.2) is 0 Å². The molecule has 100 valence electrons. The van der Waals surface area contributed by atoms with Crippen LogP contribution in [0.25, 0.3) is 0 Å². The Kier molecular flexibility index (Phi) is 4.20. The zero-order chi connectivity index (χ0) is 13.3. The van der Waals surface area contributed by atoms with Crippen LogP contribution in [-0.2, 0) is 11.8 Å². The summed E-state index contributed by atoms with van der Waals surface area (Å²) in [5.41, 5.74) is 0.454. The van der Waals surface area contributed by atoms with Gasteiger partial charge in [0.05, 0.1) is 17.2 Å². The number of rotatable bonds is 3. The Labute approximate surface area is 116 Å². The van der Waals surface area contributed by atoms with Gasteiger partial charge in [-0.05, 0) is 25.8 Å². The van der Waals surface area contributed by atoms with Gasteiger partial charge in [-0.3, -0.25) is 4.79 Å². The lowest BCUT2D eigenvalue weighted by Crippen LogP contribution is -2.41. The van der Waals surface area contributed by atoms with E-state index in [0.29, 0.717) is 15.9 Å². The average Bonchev–Trinajstić information content (AvgIpc) is 2.94. The van der Waals surface area contributed by atoms with Crippen molar-refractivity contribution in [3.8, 4) is 0 Å². The van der Waals surface area contributed by atoms with E-state index in [0.717, 1.165) is 19.4 Å². The van der Waals surface area contributed by atoms with Crippen molar-refractivity contribution in [2.75, 3.05) is 6.61 Å². The molecule has 1 aromatic heterocycles. The van der Waals surface area contributed by atoms with E-state index in [1.165, 1.54) is 0 Å². The third-order valence-electron chi connectivity index (χ3n) is 3.23. The molecule has 1 aliphatic heterocycles. The van der Waals surface area contributed by atoms with Crippen molar-refractivity contribution in [1.29, 1.82) is 0 Å². The van der Waals surface area contributed by atoms with Gasteiger partial charge in [-0.1, -0.05) is 23.2 Å². The van der Waals surface area contributed by atoms with Gasteiger partial charge in [0, 0.05) is 13.7 Å².